The van der Waals surface area contributed by atoms with E-state index in [4.69, 9.17) is 10.1 Å². The molecule has 1 aromatic carbocycles. The third-order valence-electron chi connectivity index (χ3n) is 2.31. The van der Waals surface area contributed by atoms with E-state index >= 15 is 0 Å². The number of carbonyl (C=O) groups excluding carboxylic acids is 1. The maximum Gasteiger partial charge on any atom is 0.390 e. The van der Waals surface area contributed by atoms with Crippen LogP contribution in [0.3, 0.4) is 0 Å². The van der Waals surface area contributed by atoms with Crippen LogP contribution >= 0.6 is 12.4 Å². The third-order valence-corrected chi connectivity index (χ3v) is 2.31. The molecule has 1 aromatic rings. The zero-order valence-electron chi connectivity index (χ0n) is 10.6. The molecule has 0 saturated carbocycles. The Morgan fingerprint density at radius 2 is 1.75 bits per heavy atom. The van der Waals surface area contributed by atoms with Crippen LogP contribution in [0, 0.1) is 5.41 Å². The van der Waals surface area contributed by atoms with Gasteiger partial charge in [0, 0.05) is 17.7 Å². The Hall–Kier alpha value is -1.76. The first-order chi connectivity index (χ1) is 8.83. The zero-order chi connectivity index (χ0) is 14.5. The fourth-order valence-corrected chi connectivity index (χ4v) is 1.31. The van der Waals surface area contributed by atoms with Crippen molar-refractivity contribution in [3.8, 4) is 0 Å². The number of hydrogen-bond acceptors (Lipinski definition) is 3. The number of halogens is 4. The zero-order valence-corrected chi connectivity index (χ0v) is 11.4. The maximum atomic E-state index is 11.9. The SMILES string of the molecule is COC(=N)c1ccc(C(=O)NCCC(F)(F)F)cc1.Cl. The topological polar surface area (TPSA) is 62.2 Å². The lowest BCUT2D eigenvalue weighted by molar-refractivity contribution is -0.132. The Morgan fingerprint density at radius 1 is 1.25 bits per heavy atom. The first kappa shape index (κ1) is 18.2. The average Bonchev–Trinajstić information content (AvgIpc) is 2.36. The molecule has 8 heteroatoms. The molecule has 0 aliphatic rings. The number of amides is 1. The number of nitrogens with one attached hydrogen (secondary N) is 2. The molecule has 112 valence electrons. The molecule has 0 heterocycles. The highest BCUT2D eigenvalue weighted by molar-refractivity contribution is 5.96. The highest BCUT2D eigenvalue weighted by atomic mass is 35.5. The summed E-state index contributed by atoms with van der Waals surface area (Å²) in [7, 11) is 1.35. The third kappa shape index (κ3) is 5.92. The standard InChI is InChI=1S/C12H13F3N2O2.ClH/c1-19-10(16)8-2-4-9(5-3-8)11(18)17-7-6-12(13,14)15;/h2-5,16H,6-7H2,1H3,(H,17,18);1H. The van der Waals surface area contributed by atoms with Crippen molar-refractivity contribution in [2.24, 2.45) is 0 Å². The van der Waals surface area contributed by atoms with Crippen LogP contribution in [0.2, 0.25) is 0 Å². The van der Waals surface area contributed by atoms with Crippen molar-refractivity contribution in [2.75, 3.05) is 13.7 Å². The van der Waals surface area contributed by atoms with Gasteiger partial charge in [0.05, 0.1) is 13.5 Å². The highest BCUT2D eigenvalue weighted by Gasteiger charge is 2.26. The summed E-state index contributed by atoms with van der Waals surface area (Å²) < 4.78 is 40.4. The molecule has 0 atom stereocenters. The van der Waals surface area contributed by atoms with E-state index in [1.54, 1.807) is 0 Å². The second kappa shape index (κ2) is 7.74. The first-order valence-corrected chi connectivity index (χ1v) is 5.41. The van der Waals surface area contributed by atoms with Crippen LogP contribution in [-0.4, -0.2) is 31.6 Å². The molecule has 0 unspecified atom stereocenters. The van der Waals surface area contributed by atoms with Gasteiger partial charge < -0.3 is 10.1 Å². The summed E-state index contributed by atoms with van der Waals surface area (Å²) in [6.45, 7) is -0.460. The molecule has 0 radical (unpaired) electrons. The van der Waals surface area contributed by atoms with E-state index in [1.165, 1.54) is 31.4 Å². The molecule has 1 amide bonds. The maximum absolute atomic E-state index is 11.9. The summed E-state index contributed by atoms with van der Waals surface area (Å²) in [6.07, 6.45) is -5.35. The molecule has 2 N–H and O–H groups in total. The van der Waals surface area contributed by atoms with E-state index in [1.807, 2.05) is 0 Å². The Balaban J connectivity index is 0.00000361. The van der Waals surface area contributed by atoms with E-state index in [-0.39, 0.29) is 23.9 Å². The number of alkyl halides is 3. The molecule has 0 saturated heterocycles. The second-order valence-corrected chi connectivity index (χ2v) is 3.73. The van der Waals surface area contributed by atoms with Crippen LogP contribution in [0.25, 0.3) is 0 Å². The van der Waals surface area contributed by atoms with Gasteiger partial charge in [-0.2, -0.15) is 13.2 Å². The molecular formula is C12H14ClF3N2O2. The number of carbonyl (C=O) groups is 1. The molecular weight excluding hydrogens is 297 g/mol. The molecule has 1 rings (SSSR count). The van der Waals surface area contributed by atoms with Crippen LogP contribution < -0.4 is 5.32 Å². The van der Waals surface area contributed by atoms with E-state index in [9.17, 15) is 18.0 Å². The smallest absolute Gasteiger partial charge is 0.390 e. The van der Waals surface area contributed by atoms with E-state index in [0.717, 1.165) is 0 Å². The molecule has 0 fully saturated rings. The molecule has 0 aliphatic carbocycles. The molecule has 0 aromatic heterocycles. The van der Waals surface area contributed by atoms with E-state index < -0.39 is 25.0 Å². The van der Waals surface area contributed by atoms with Gasteiger partial charge in [-0.1, -0.05) is 0 Å². The fraction of sp³-hybridized carbons (Fsp3) is 0.333. The molecule has 4 nitrogen and oxygen atoms in total. The number of rotatable bonds is 4. The lowest BCUT2D eigenvalue weighted by Crippen LogP contribution is -2.27. The van der Waals surface area contributed by atoms with Gasteiger partial charge in [0.15, 0.2) is 0 Å². The molecule has 0 spiro atoms. The van der Waals surface area contributed by atoms with E-state index in [2.05, 4.69) is 5.32 Å². The minimum absolute atomic E-state index is 0. The van der Waals surface area contributed by atoms with Gasteiger partial charge in [-0.3, -0.25) is 10.2 Å². The molecule has 20 heavy (non-hydrogen) atoms. The largest absolute Gasteiger partial charge is 0.481 e. The highest BCUT2D eigenvalue weighted by Crippen LogP contribution is 2.18. The minimum Gasteiger partial charge on any atom is -0.481 e. The Kier molecular flexibility index (Phi) is 7.06. The average molecular weight is 311 g/mol. The van der Waals surface area contributed by atoms with Crippen LogP contribution in [0.1, 0.15) is 22.3 Å². The monoisotopic (exact) mass is 310 g/mol. The van der Waals surface area contributed by atoms with Gasteiger partial charge in [-0.15, -0.1) is 12.4 Å². The van der Waals surface area contributed by atoms with Crippen molar-refractivity contribution in [1.29, 1.82) is 5.41 Å². The number of hydrogen-bond donors (Lipinski definition) is 2. The Labute approximate surface area is 120 Å². The summed E-state index contributed by atoms with van der Waals surface area (Å²) in [4.78, 5) is 11.5. The summed E-state index contributed by atoms with van der Waals surface area (Å²) in [5.74, 6) is -0.635. The van der Waals surface area contributed by atoms with Crippen molar-refractivity contribution in [1.82, 2.24) is 5.32 Å². The van der Waals surface area contributed by atoms with Crippen molar-refractivity contribution < 1.29 is 22.7 Å². The predicted octanol–water partition coefficient (Wildman–Crippen LogP) is 2.76. The van der Waals surface area contributed by atoms with Crippen molar-refractivity contribution >= 4 is 24.2 Å². The molecule has 0 bridgehead atoms. The van der Waals surface area contributed by atoms with Gasteiger partial charge in [0.1, 0.15) is 0 Å². The fourth-order valence-electron chi connectivity index (χ4n) is 1.31. The van der Waals surface area contributed by atoms with Crippen molar-refractivity contribution in [3.05, 3.63) is 35.4 Å². The Bertz CT molecular complexity index is 461. The van der Waals surface area contributed by atoms with Crippen LogP contribution in [0.4, 0.5) is 13.2 Å². The lowest BCUT2D eigenvalue weighted by atomic mass is 10.1. The summed E-state index contributed by atoms with van der Waals surface area (Å²) in [6, 6.07) is 5.83. The van der Waals surface area contributed by atoms with E-state index in [0.29, 0.717) is 5.56 Å². The summed E-state index contributed by atoms with van der Waals surface area (Å²) in [5.41, 5.74) is 0.712. The molecule has 0 aliphatic heterocycles. The Morgan fingerprint density at radius 3 is 2.20 bits per heavy atom. The summed E-state index contributed by atoms with van der Waals surface area (Å²) in [5, 5.41) is 9.56. The number of methoxy groups -OCH3 is 1. The van der Waals surface area contributed by atoms with Gasteiger partial charge >= 0.3 is 6.18 Å². The quantitative estimate of drug-likeness (QED) is 0.663. The predicted molar refractivity (Wildman–Crippen MR) is 70.5 cm³/mol. The second-order valence-electron chi connectivity index (χ2n) is 3.73. The van der Waals surface area contributed by atoms with Gasteiger partial charge in [0.2, 0.25) is 5.90 Å². The lowest BCUT2D eigenvalue weighted by Gasteiger charge is -2.08. The number of ether oxygens (including phenoxy) is 1. The van der Waals surface area contributed by atoms with Gasteiger partial charge in [0.25, 0.3) is 5.91 Å². The number of benzene rings is 1. The van der Waals surface area contributed by atoms with Crippen LogP contribution in [0.5, 0.6) is 0 Å². The van der Waals surface area contributed by atoms with Crippen molar-refractivity contribution in [3.63, 3.8) is 0 Å². The van der Waals surface area contributed by atoms with Crippen LogP contribution in [0.15, 0.2) is 24.3 Å². The first-order valence-electron chi connectivity index (χ1n) is 5.41. The van der Waals surface area contributed by atoms with Crippen LogP contribution in [-0.2, 0) is 4.74 Å². The summed E-state index contributed by atoms with van der Waals surface area (Å²) >= 11 is 0. The minimum atomic E-state index is -4.29. The normalized spacial score (nSPS) is 10.4. The van der Waals surface area contributed by atoms with Crippen molar-refractivity contribution in [2.45, 2.75) is 12.6 Å². The van der Waals surface area contributed by atoms with Gasteiger partial charge in [-0.25, -0.2) is 0 Å². The van der Waals surface area contributed by atoms with Gasteiger partial charge in [-0.05, 0) is 24.3 Å².